The molecule has 0 unspecified atom stereocenters. The lowest BCUT2D eigenvalue weighted by Gasteiger charge is -2.12. The lowest BCUT2D eigenvalue weighted by molar-refractivity contribution is -0.125. The standard InChI is InChI=1S/C11H19N3O/c1-3-9(4-2)11(15)12-7-5-10-6-8-13-14-10/h6,8-9H,3-5,7H2,1-2H3,(H,12,15)(H,13,14). The molecule has 4 heteroatoms. The lowest BCUT2D eigenvalue weighted by Crippen LogP contribution is -2.31. The largest absolute Gasteiger partial charge is 0.355 e. The van der Waals surface area contributed by atoms with Gasteiger partial charge in [0.2, 0.25) is 5.91 Å². The Balaban J connectivity index is 2.22. The Bertz CT molecular complexity index is 278. The fourth-order valence-corrected chi connectivity index (χ4v) is 1.55. The minimum atomic E-state index is 0.159. The highest BCUT2D eigenvalue weighted by Gasteiger charge is 2.12. The number of carbonyl (C=O) groups excluding carboxylic acids is 1. The molecule has 0 aliphatic heterocycles. The molecule has 0 spiro atoms. The predicted molar refractivity (Wildman–Crippen MR) is 59.4 cm³/mol. The number of amides is 1. The van der Waals surface area contributed by atoms with E-state index in [1.165, 1.54) is 0 Å². The number of aromatic amines is 1. The van der Waals surface area contributed by atoms with Crippen molar-refractivity contribution in [2.75, 3.05) is 6.54 Å². The number of nitrogens with one attached hydrogen (secondary N) is 2. The topological polar surface area (TPSA) is 57.8 Å². The Morgan fingerprint density at radius 2 is 2.27 bits per heavy atom. The molecule has 0 radical (unpaired) electrons. The molecule has 0 saturated heterocycles. The third kappa shape index (κ3) is 3.73. The number of H-pyrrole nitrogens is 1. The van der Waals surface area contributed by atoms with Gasteiger partial charge in [-0.25, -0.2) is 0 Å². The summed E-state index contributed by atoms with van der Waals surface area (Å²) in [7, 11) is 0. The molecule has 0 fully saturated rings. The van der Waals surface area contributed by atoms with Crippen molar-refractivity contribution in [2.24, 2.45) is 5.92 Å². The highest BCUT2D eigenvalue weighted by Crippen LogP contribution is 2.06. The first-order valence-electron chi connectivity index (χ1n) is 5.53. The summed E-state index contributed by atoms with van der Waals surface area (Å²) in [6.07, 6.45) is 4.35. The first kappa shape index (κ1) is 11.8. The molecule has 2 N–H and O–H groups in total. The van der Waals surface area contributed by atoms with E-state index in [2.05, 4.69) is 15.5 Å². The quantitative estimate of drug-likeness (QED) is 0.746. The molecule has 1 heterocycles. The first-order valence-corrected chi connectivity index (χ1v) is 5.53. The molecule has 0 aliphatic rings. The van der Waals surface area contributed by atoms with Gasteiger partial charge in [-0.2, -0.15) is 5.10 Å². The van der Waals surface area contributed by atoms with Gasteiger partial charge in [-0.1, -0.05) is 13.8 Å². The Morgan fingerprint density at radius 1 is 1.53 bits per heavy atom. The van der Waals surface area contributed by atoms with E-state index >= 15 is 0 Å². The highest BCUT2D eigenvalue weighted by molar-refractivity contribution is 5.78. The molecule has 15 heavy (non-hydrogen) atoms. The fraction of sp³-hybridized carbons (Fsp3) is 0.636. The SMILES string of the molecule is CCC(CC)C(=O)NCCc1ccn[nH]1. The number of rotatable bonds is 6. The lowest BCUT2D eigenvalue weighted by atomic mass is 10.0. The average molecular weight is 209 g/mol. The van der Waals surface area contributed by atoms with Gasteiger partial charge in [0.25, 0.3) is 0 Å². The second-order valence-corrected chi connectivity index (χ2v) is 3.64. The molecule has 0 aromatic carbocycles. The van der Waals surface area contributed by atoms with Crippen LogP contribution >= 0.6 is 0 Å². The van der Waals surface area contributed by atoms with Crippen molar-refractivity contribution in [3.63, 3.8) is 0 Å². The minimum Gasteiger partial charge on any atom is -0.355 e. The van der Waals surface area contributed by atoms with Crippen molar-refractivity contribution >= 4 is 5.91 Å². The second kappa shape index (κ2) is 6.22. The average Bonchev–Trinajstić information content (AvgIpc) is 2.72. The molecular formula is C11H19N3O. The van der Waals surface area contributed by atoms with Gasteiger partial charge in [0.05, 0.1) is 0 Å². The molecule has 0 bridgehead atoms. The summed E-state index contributed by atoms with van der Waals surface area (Å²) in [4.78, 5) is 11.6. The second-order valence-electron chi connectivity index (χ2n) is 3.64. The maximum absolute atomic E-state index is 11.6. The Kier molecular flexibility index (Phi) is 4.87. The molecule has 4 nitrogen and oxygen atoms in total. The minimum absolute atomic E-state index is 0.159. The summed E-state index contributed by atoms with van der Waals surface area (Å²) in [6, 6.07) is 1.92. The van der Waals surface area contributed by atoms with Gasteiger partial charge in [0.1, 0.15) is 0 Å². The van der Waals surface area contributed by atoms with Gasteiger partial charge < -0.3 is 5.32 Å². The van der Waals surface area contributed by atoms with Crippen LogP contribution in [0.25, 0.3) is 0 Å². The highest BCUT2D eigenvalue weighted by atomic mass is 16.1. The number of nitrogens with zero attached hydrogens (tertiary/aromatic N) is 1. The van der Waals surface area contributed by atoms with Crippen LogP contribution in [0.3, 0.4) is 0 Å². The van der Waals surface area contributed by atoms with Gasteiger partial charge in [-0.05, 0) is 18.9 Å². The third-order valence-corrected chi connectivity index (χ3v) is 2.61. The number of hydrogen-bond acceptors (Lipinski definition) is 2. The number of aromatic nitrogens is 2. The van der Waals surface area contributed by atoms with Crippen molar-refractivity contribution < 1.29 is 4.79 Å². The molecule has 0 atom stereocenters. The van der Waals surface area contributed by atoms with Gasteiger partial charge in [0.15, 0.2) is 0 Å². The van der Waals surface area contributed by atoms with Crippen LogP contribution in [0, 0.1) is 5.92 Å². The van der Waals surface area contributed by atoms with Crippen molar-refractivity contribution in [1.29, 1.82) is 0 Å². The molecule has 0 saturated carbocycles. The van der Waals surface area contributed by atoms with Crippen LogP contribution < -0.4 is 5.32 Å². The first-order chi connectivity index (χ1) is 7.27. The van der Waals surface area contributed by atoms with Crippen molar-refractivity contribution in [3.05, 3.63) is 18.0 Å². The molecule has 1 rings (SSSR count). The molecule has 84 valence electrons. The molecule has 1 aromatic heterocycles. The zero-order valence-corrected chi connectivity index (χ0v) is 9.42. The van der Waals surface area contributed by atoms with Gasteiger partial charge in [0, 0.05) is 30.8 Å². The Labute approximate surface area is 90.5 Å². The van der Waals surface area contributed by atoms with E-state index in [1.54, 1.807) is 6.20 Å². The number of hydrogen-bond donors (Lipinski definition) is 2. The zero-order valence-electron chi connectivity index (χ0n) is 9.42. The molecule has 1 aromatic rings. The summed E-state index contributed by atoms with van der Waals surface area (Å²) in [5, 5.41) is 9.65. The van der Waals surface area contributed by atoms with Gasteiger partial charge in [-0.3, -0.25) is 9.89 Å². The van der Waals surface area contributed by atoms with Crippen LogP contribution in [0.5, 0.6) is 0 Å². The fourth-order valence-electron chi connectivity index (χ4n) is 1.55. The Morgan fingerprint density at radius 3 is 2.80 bits per heavy atom. The molecule has 0 aliphatic carbocycles. The van der Waals surface area contributed by atoms with E-state index in [9.17, 15) is 4.79 Å². The van der Waals surface area contributed by atoms with Crippen LogP contribution in [0.4, 0.5) is 0 Å². The zero-order chi connectivity index (χ0) is 11.1. The third-order valence-electron chi connectivity index (χ3n) is 2.61. The van der Waals surface area contributed by atoms with Gasteiger partial charge in [-0.15, -0.1) is 0 Å². The van der Waals surface area contributed by atoms with E-state index in [1.807, 2.05) is 19.9 Å². The normalized spacial score (nSPS) is 10.6. The van der Waals surface area contributed by atoms with Crippen LogP contribution in [-0.4, -0.2) is 22.6 Å². The predicted octanol–water partition coefficient (Wildman–Crippen LogP) is 1.50. The van der Waals surface area contributed by atoms with E-state index in [0.717, 1.165) is 25.0 Å². The van der Waals surface area contributed by atoms with Crippen molar-refractivity contribution in [3.8, 4) is 0 Å². The van der Waals surface area contributed by atoms with E-state index in [-0.39, 0.29) is 11.8 Å². The monoisotopic (exact) mass is 209 g/mol. The summed E-state index contributed by atoms with van der Waals surface area (Å²) in [5.74, 6) is 0.325. The van der Waals surface area contributed by atoms with E-state index in [4.69, 9.17) is 0 Å². The van der Waals surface area contributed by atoms with Gasteiger partial charge >= 0.3 is 0 Å². The van der Waals surface area contributed by atoms with Crippen LogP contribution in [0.15, 0.2) is 12.3 Å². The maximum Gasteiger partial charge on any atom is 0.223 e. The summed E-state index contributed by atoms with van der Waals surface area (Å²) >= 11 is 0. The van der Waals surface area contributed by atoms with Crippen LogP contribution in [0.2, 0.25) is 0 Å². The smallest absolute Gasteiger partial charge is 0.223 e. The van der Waals surface area contributed by atoms with Crippen LogP contribution in [0.1, 0.15) is 32.4 Å². The summed E-state index contributed by atoms with van der Waals surface area (Å²) in [5.41, 5.74) is 1.06. The maximum atomic E-state index is 11.6. The summed E-state index contributed by atoms with van der Waals surface area (Å²) in [6.45, 7) is 4.77. The number of carbonyl (C=O) groups is 1. The van der Waals surface area contributed by atoms with Crippen molar-refractivity contribution in [2.45, 2.75) is 33.1 Å². The van der Waals surface area contributed by atoms with E-state index < -0.39 is 0 Å². The van der Waals surface area contributed by atoms with Crippen molar-refractivity contribution in [1.82, 2.24) is 15.5 Å². The summed E-state index contributed by atoms with van der Waals surface area (Å²) < 4.78 is 0. The Hall–Kier alpha value is -1.32. The van der Waals surface area contributed by atoms with E-state index in [0.29, 0.717) is 6.54 Å². The molecule has 1 amide bonds. The van der Waals surface area contributed by atoms with Crippen LogP contribution in [-0.2, 0) is 11.2 Å². The molecular weight excluding hydrogens is 190 g/mol.